The van der Waals surface area contributed by atoms with Crippen LogP contribution in [0.5, 0.6) is 0 Å². The number of rotatable bonds is 1. The van der Waals surface area contributed by atoms with E-state index in [1.54, 1.807) is 0 Å². The normalized spacial score (nSPS) is 29.1. The summed E-state index contributed by atoms with van der Waals surface area (Å²) in [7, 11) is 0. The number of carbonyl (C=O) groups excluding carboxylic acids is 1. The van der Waals surface area contributed by atoms with Crippen LogP contribution in [0.2, 0.25) is 0 Å². The predicted molar refractivity (Wildman–Crippen MR) is 78.7 cm³/mol. The first-order valence-corrected chi connectivity index (χ1v) is 7.62. The van der Waals surface area contributed by atoms with Crippen molar-refractivity contribution in [3.8, 4) is 0 Å². The highest BCUT2D eigenvalue weighted by Gasteiger charge is 2.30. The molecule has 2 atom stereocenters. The molecule has 2 aliphatic rings. The van der Waals surface area contributed by atoms with Gasteiger partial charge in [0.05, 0.1) is 0 Å². The Morgan fingerprint density at radius 2 is 2.11 bits per heavy atom. The van der Waals surface area contributed by atoms with Crippen LogP contribution in [-0.2, 0) is 4.79 Å². The fourth-order valence-electron chi connectivity index (χ4n) is 3.26. The summed E-state index contributed by atoms with van der Waals surface area (Å²) in [5.74, 6) is 0.507. The van der Waals surface area contributed by atoms with Crippen molar-refractivity contribution in [3.05, 3.63) is 11.6 Å². The van der Waals surface area contributed by atoms with E-state index in [1.165, 1.54) is 5.57 Å². The molecule has 2 unspecified atom stereocenters. The number of hydrogen-bond donors (Lipinski definition) is 1. The van der Waals surface area contributed by atoms with E-state index in [2.05, 4.69) is 26.8 Å². The van der Waals surface area contributed by atoms with Gasteiger partial charge in [0.2, 0.25) is 5.91 Å². The lowest BCUT2D eigenvalue weighted by molar-refractivity contribution is -0.136. The van der Waals surface area contributed by atoms with Crippen molar-refractivity contribution in [1.29, 1.82) is 0 Å². The number of carbonyl (C=O) groups is 1. The van der Waals surface area contributed by atoms with Gasteiger partial charge in [0, 0.05) is 25.0 Å². The molecule has 1 amide bonds. The van der Waals surface area contributed by atoms with Crippen LogP contribution in [-0.4, -0.2) is 29.9 Å². The first-order chi connectivity index (χ1) is 8.88. The van der Waals surface area contributed by atoms with Gasteiger partial charge < -0.3 is 10.6 Å². The van der Waals surface area contributed by atoms with Gasteiger partial charge in [-0.15, -0.1) is 0 Å². The molecule has 1 heterocycles. The van der Waals surface area contributed by atoms with Gasteiger partial charge in [0.25, 0.3) is 0 Å². The Bertz CT molecular complexity index is 367. The van der Waals surface area contributed by atoms with Crippen LogP contribution in [0.4, 0.5) is 0 Å². The highest BCUT2D eigenvalue weighted by Crippen LogP contribution is 2.31. The van der Waals surface area contributed by atoms with Crippen LogP contribution in [0.3, 0.4) is 0 Å². The van der Waals surface area contributed by atoms with Crippen LogP contribution >= 0.6 is 0 Å². The van der Waals surface area contributed by atoms with Gasteiger partial charge in [-0.3, -0.25) is 4.79 Å². The SMILES string of the molecule is CC(C)(C)C1=CCN(C(=O)C2CCCC(N)C2)CC1. The van der Waals surface area contributed by atoms with E-state index < -0.39 is 0 Å². The molecule has 0 aromatic rings. The van der Waals surface area contributed by atoms with Crippen molar-refractivity contribution >= 4 is 5.91 Å². The van der Waals surface area contributed by atoms with E-state index in [-0.39, 0.29) is 17.4 Å². The minimum Gasteiger partial charge on any atom is -0.338 e. The summed E-state index contributed by atoms with van der Waals surface area (Å²) in [5.41, 5.74) is 7.71. The zero-order valence-corrected chi connectivity index (χ0v) is 12.6. The van der Waals surface area contributed by atoms with Gasteiger partial charge in [0.1, 0.15) is 0 Å². The molecule has 2 rings (SSSR count). The molecular weight excluding hydrogens is 236 g/mol. The summed E-state index contributed by atoms with van der Waals surface area (Å²) < 4.78 is 0. The zero-order chi connectivity index (χ0) is 14.0. The van der Waals surface area contributed by atoms with Gasteiger partial charge in [-0.05, 0) is 31.1 Å². The first-order valence-electron chi connectivity index (χ1n) is 7.62. The molecule has 0 radical (unpaired) electrons. The molecule has 2 N–H and O–H groups in total. The molecule has 0 spiro atoms. The third-order valence-corrected chi connectivity index (χ3v) is 4.55. The summed E-state index contributed by atoms with van der Waals surface area (Å²) in [6.07, 6.45) is 7.37. The molecule has 0 bridgehead atoms. The van der Waals surface area contributed by atoms with Crippen LogP contribution in [0.15, 0.2) is 11.6 Å². The Morgan fingerprint density at radius 1 is 1.37 bits per heavy atom. The third kappa shape index (κ3) is 3.59. The predicted octanol–water partition coefficient (Wildman–Crippen LogP) is 2.71. The largest absolute Gasteiger partial charge is 0.338 e. The van der Waals surface area contributed by atoms with Crippen LogP contribution in [0.1, 0.15) is 52.9 Å². The Hall–Kier alpha value is -0.830. The topological polar surface area (TPSA) is 46.3 Å². The van der Waals surface area contributed by atoms with Crippen LogP contribution in [0.25, 0.3) is 0 Å². The molecule has 1 saturated carbocycles. The smallest absolute Gasteiger partial charge is 0.226 e. The minimum atomic E-state index is 0.174. The van der Waals surface area contributed by atoms with Crippen molar-refractivity contribution < 1.29 is 4.79 Å². The van der Waals surface area contributed by atoms with E-state index in [9.17, 15) is 4.79 Å². The lowest BCUT2D eigenvalue weighted by Crippen LogP contribution is -2.43. The Morgan fingerprint density at radius 3 is 2.63 bits per heavy atom. The molecule has 3 heteroatoms. The van der Waals surface area contributed by atoms with Crippen molar-refractivity contribution in [3.63, 3.8) is 0 Å². The van der Waals surface area contributed by atoms with E-state index in [0.717, 1.165) is 45.2 Å². The summed E-state index contributed by atoms with van der Waals surface area (Å²) >= 11 is 0. The number of nitrogens with zero attached hydrogens (tertiary/aromatic N) is 1. The van der Waals surface area contributed by atoms with Crippen molar-refractivity contribution in [1.82, 2.24) is 4.90 Å². The third-order valence-electron chi connectivity index (χ3n) is 4.55. The van der Waals surface area contributed by atoms with Gasteiger partial charge >= 0.3 is 0 Å². The van der Waals surface area contributed by atoms with Gasteiger partial charge in [-0.2, -0.15) is 0 Å². The maximum absolute atomic E-state index is 12.5. The van der Waals surface area contributed by atoms with E-state index >= 15 is 0 Å². The highest BCUT2D eigenvalue weighted by atomic mass is 16.2. The van der Waals surface area contributed by atoms with E-state index in [1.807, 2.05) is 4.90 Å². The second-order valence-corrected chi connectivity index (χ2v) is 7.14. The van der Waals surface area contributed by atoms with E-state index in [0.29, 0.717) is 5.91 Å². The van der Waals surface area contributed by atoms with Crippen molar-refractivity contribution in [2.45, 2.75) is 58.9 Å². The second kappa shape index (κ2) is 5.66. The molecule has 0 aromatic heterocycles. The molecule has 3 nitrogen and oxygen atoms in total. The standard InChI is InChI=1S/C16H28N2O/c1-16(2,3)13-7-9-18(10-8-13)15(19)12-5-4-6-14(17)11-12/h7,12,14H,4-6,8-11,17H2,1-3H3. The minimum absolute atomic E-state index is 0.174. The quantitative estimate of drug-likeness (QED) is 0.740. The maximum atomic E-state index is 12.5. The number of nitrogens with two attached hydrogens (primary N) is 1. The highest BCUT2D eigenvalue weighted by molar-refractivity contribution is 5.79. The molecule has 19 heavy (non-hydrogen) atoms. The molecule has 108 valence electrons. The number of hydrogen-bond acceptors (Lipinski definition) is 2. The zero-order valence-electron chi connectivity index (χ0n) is 12.6. The van der Waals surface area contributed by atoms with Crippen molar-refractivity contribution in [2.75, 3.05) is 13.1 Å². The summed E-state index contributed by atoms with van der Waals surface area (Å²) in [5, 5.41) is 0. The maximum Gasteiger partial charge on any atom is 0.226 e. The van der Waals surface area contributed by atoms with E-state index in [4.69, 9.17) is 5.73 Å². The molecule has 0 aromatic carbocycles. The average Bonchev–Trinajstić information content (AvgIpc) is 2.37. The summed E-state index contributed by atoms with van der Waals surface area (Å²) in [6, 6.07) is 0.230. The lowest BCUT2D eigenvalue weighted by Gasteiger charge is -2.35. The van der Waals surface area contributed by atoms with Gasteiger partial charge in [0.15, 0.2) is 0 Å². The summed E-state index contributed by atoms with van der Waals surface area (Å²) in [6.45, 7) is 8.41. The Kier molecular flexibility index (Phi) is 4.34. The molecule has 1 aliphatic heterocycles. The molecule has 0 saturated heterocycles. The monoisotopic (exact) mass is 264 g/mol. The van der Waals surface area contributed by atoms with Crippen LogP contribution < -0.4 is 5.73 Å². The molecule has 1 fully saturated rings. The van der Waals surface area contributed by atoms with Crippen LogP contribution in [0, 0.1) is 11.3 Å². The van der Waals surface area contributed by atoms with Gasteiger partial charge in [-0.1, -0.05) is 38.8 Å². The Labute approximate surface area is 117 Å². The average molecular weight is 264 g/mol. The lowest BCUT2D eigenvalue weighted by atomic mass is 9.82. The van der Waals surface area contributed by atoms with Crippen molar-refractivity contribution in [2.24, 2.45) is 17.1 Å². The number of amides is 1. The first kappa shape index (κ1) is 14.6. The Balaban J connectivity index is 1.94. The summed E-state index contributed by atoms with van der Waals surface area (Å²) in [4.78, 5) is 14.5. The fraction of sp³-hybridized carbons (Fsp3) is 0.812. The van der Waals surface area contributed by atoms with Gasteiger partial charge in [-0.25, -0.2) is 0 Å². The molecular formula is C16H28N2O. The molecule has 1 aliphatic carbocycles. The second-order valence-electron chi connectivity index (χ2n) is 7.14. The fourth-order valence-corrected chi connectivity index (χ4v) is 3.26.